The Kier molecular flexibility index (Phi) is 5.24. The highest BCUT2D eigenvalue weighted by molar-refractivity contribution is 6.04. The van der Waals surface area contributed by atoms with Gasteiger partial charge < -0.3 is 15.2 Å². The molecule has 0 radical (unpaired) electrons. The first-order valence-electron chi connectivity index (χ1n) is 6.62. The van der Waals surface area contributed by atoms with E-state index in [1.54, 1.807) is 6.07 Å². The van der Waals surface area contributed by atoms with Crippen molar-refractivity contribution in [2.75, 3.05) is 0 Å². The number of rotatable bonds is 6. The lowest BCUT2D eigenvalue weighted by Gasteiger charge is -2.12. The number of amides is 1. The lowest BCUT2D eigenvalue weighted by molar-refractivity contribution is -0.0504. The molecular weight excluding hydrogens is 308 g/mol. The van der Waals surface area contributed by atoms with Gasteiger partial charge in [0.2, 0.25) is 0 Å². The minimum Gasteiger partial charge on any atom is -0.478 e. The molecular formula is C16H13F2NO4. The minimum absolute atomic E-state index is 0.00717. The molecule has 0 aliphatic carbocycles. The smallest absolute Gasteiger partial charge is 0.387 e. The van der Waals surface area contributed by atoms with E-state index in [9.17, 15) is 18.4 Å². The molecule has 23 heavy (non-hydrogen) atoms. The van der Waals surface area contributed by atoms with Crippen LogP contribution in [0.25, 0.3) is 0 Å². The van der Waals surface area contributed by atoms with E-state index in [4.69, 9.17) is 5.11 Å². The van der Waals surface area contributed by atoms with Gasteiger partial charge in [0.25, 0.3) is 5.91 Å². The van der Waals surface area contributed by atoms with Crippen LogP contribution in [0.3, 0.4) is 0 Å². The summed E-state index contributed by atoms with van der Waals surface area (Å²) in [4.78, 5) is 23.2. The summed E-state index contributed by atoms with van der Waals surface area (Å²) in [5.74, 6) is -1.89. The number of halogens is 2. The van der Waals surface area contributed by atoms with Gasteiger partial charge in [0.05, 0.1) is 11.1 Å². The highest BCUT2D eigenvalue weighted by atomic mass is 19.3. The number of hydrogen-bond acceptors (Lipinski definition) is 3. The van der Waals surface area contributed by atoms with Crippen molar-refractivity contribution in [1.29, 1.82) is 0 Å². The second kappa shape index (κ2) is 7.35. The van der Waals surface area contributed by atoms with Gasteiger partial charge in [0.15, 0.2) is 0 Å². The quantitative estimate of drug-likeness (QED) is 0.858. The SMILES string of the molecule is O=C(O)c1ccccc1C(=O)NCc1ccccc1OC(F)F. The summed E-state index contributed by atoms with van der Waals surface area (Å²) in [5, 5.41) is 11.6. The van der Waals surface area contributed by atoms with E-state index in [0.717, 1.165) is 0 Å². The molecule has 120 valence electrons. The maximum Gasteiger partial charge on any atom is 0.387 e. The van der Waals surface area contributed by atoms with Crippen molar-refractivity contribution in [3.8, 4) is 5.75 Å². The Hall–Kier alpha value is -2.96. The first kappa shape index (κ1) is 16.4. The summed E-state index contributed by atoms with van der Waals surface area (Å²) in [6, 6.07) is 11.8. The maximum absolute atomic E-state index is 12.3. The largest absolute Gasteiger partial charge is 0.478 e. The summed E-state index contributed by atoms with van der Waals surface area (Å²) >= 11 is 0. The molecule has 0 aliphatic rings. The van der Waals surface area contributed by atoms with E-state index < -0.39 is 18.5 Å². The highest BCUT2D eigenvalue weighted by Crippen LogP contribution is 2.20. The van der Waals surface area contributed by atoms with E-state index >= 15 is 0 Å². The molecule has 7 heteroatoms. The molecule has 0 bridgehead atoms. The van der Waals surface area contributed by atoms with Gasteiger partial charge in [-0.1, -0.05) is 30.3 Å². The fraction of sp³-hybridized carbons (Fsp3) is 0.125. The lowest BCUT2D eigenvalue weighted by Crippen LogP contribution is -2.25. The van der Waals surface area contributed by atoms with Crippen molar-refractivity contribution in [1.82, 2.24) is 5.32 Å². The van der Waals surface area contributed by atoms with Crippen molar-refractivity contribution >= 4 is 11.9 Å². The van der Waals surface area contributed by atoms with Gasteiger partial charge in [0.1, 0.15) is 5.75 Å². The molecule has 0 atom stereocenters. The Morgan fingerprint density at radius 2 is 1.65 bits per heavy atom. The Morgan fingerprint density at radius 3 is 2.30 bits per heavy atom. The second-order valence-corrected chi connectivity index (χ2v) is 4.52. The molecule has 2 rings (SSSR count). The van der Waals surface area contributed by atoms with Crippen LogP contribution in [-0.2, 0) is 6.54 Å². The monoisotopic (exact) mass is 321 g/mol. The van der Waals surface area contributed by atoms with Crippen LogP contribution in [0.2, 0.25) is 0 Å². The van der Waals surface area contributed by atoms with Crippen LogP contribution in [0.5, 0.6) is 5.75 Å². The molecule has 2 aromatic carbocycles. The zero-order chi connectivity index (χ0) is 16.8. The van der Waals surface area contributed by atoms with Crippen LogP contribution < -0.4 is 10.1 Å². The standard InChI is InChI=1S/C16H13F2NO4/c17-16(18)23-13-8-4-1-5-10(13)9-19-14(20)11-6-2-3-7-12(11)15(21)22/h1-8,16H,9H2,(H,19,20)(H,21,22). The zero-order valence-corrected chi connectivity index (χ0v) is 11.8. The van der Waals surface area contributed by atoms with Gasteiger partial charge in [-0.15, -0.1) is 0 Å². The van der Waals surface area contributed by atoms with E-state index in [-0.39, 0.29) is 23.4 Å². The molecule has 0 aliphatic heterocycles. The molecule has 5 nitrogen and oxygen atoms in total. The number of aromatic carboxylic acids is 1. The molecule has 0 unspecified atom stereocenters. The van der Waals surface area contributed by atoms with Crippen LogP contribution in [0.1, 0.15) is 26.3 Å². The number of benzene rings is 2. The second-order valence-electron chi connectivity index (χ2n) is 4.52. The van der Waals surface area contributed by atoms with Gasteiger partial charge in [-0.3, -0.25) is 4.79 Å². The van der Waals surface area contributed by atoms with Gasteiger partial charge >= 0.3 is 12.6 Å². The normalized spacial score (nSPS) is 10.4. The average molecular weight is 321 g/mol. The third-order valence-electron chi connectivity index (χ3n) is 3.03. The van der Waals surface area contributed by atoms with Crippen molar-refractivity contribution in [2.45, 2.75) is 13.2 Å². The first-order valence-corrected chi connectivity index (χ1v) is 6.62. The molecule has 1 amide bonds. The lowest BCUT2D eigenvalue weighted by atomic mass is 10.1. The predicted octanol–water partition coefficient (Wildman–Crippen LogP) is 2.92. The summed E-state index contributed by atoms with van der Waals surface area (Å²) in [5.41, 5.74) is 0.211. The van der Waals surface area contributed by atoms with Crippen molar-refractivity contribution in [2.24, 2.45) is 0 Å². The molecule has 0 spiro atoms. The number of carbonyl (C=O) groups is 2. The number of alkyl halides is 2. The third-order valence-corrected chi connectivity index (χ3v) is 3.03. The van der Waals surface area contributed by atoms with Gasteiger partial charge in [-0.2, -0.15) is 8.78 Å². The van der Waals surface area contributed by atoms with E-state index in [0.29, 0.717) is 5.56 Å². The maximum atomic E-state index is 12.3. The molecule has 0 fully saturated rings. The number of para-hydroxylation sites is 1. The Morgan fingerprint density at radius 1 is 1.04 bits per heavy atom. The van der Waals surface area contributed by atoms with E-state index in [1.807, 2.05) is 0 Å². The highest BCUT2D eigenvalue weighted by Gasteiger charge is 2.16. The Bertz CT molecular complexity index is 719. The van der Waals surface area contributed by atoms with Crippen molar-refractivity contribution < 1.29 is 28.2 Å². The van der Waals surface area contributed by atoms with E-state index in [1.165, 1.54) is 42.5 Å². The number of carboxylic acid groups (broad SMARTS) is 1. The van der Waals surface area contributed by atoms with Crippen LogP contribution in [0.4, 0.5) is 8.78 Å². The summed E-state index contributed by atoms with van der Waals surface area (Å²) in [6.07, 6.45) is 0. The fourth-order valence-corrected chi connectivity index (χ4v) is 2.00. The zero-order valence-electron chi connectivity index (χ0n) is 11.8. The average Bonchev–Trinajstić information content (AvgIpc) is 2.53. The van der Waals surface area contributed by atoms with Crippen LogP contribution in [-0.4, -0.2) is 23.6 Å². The van der Waals surface area contributed by atoms with Gasteiger partial charge in [-0.25, -0.2) is 4.79 Å². The first-order chi connectivity index (χ1) is 11.0. The predicted molar refractivity (Wildman–Crippen MR) is 77.6 cm³/mol. The van der Waals surface area contributed by atoms with Crippen LogP contribution in [0, 0.1) is 0 Å². The summed E-state index contributed by atoms with van der Waals surface area (Å²) < 4.78 is 29.0. The molecule has 0 aromatic heterocycles. The van der Waals surface area contributed by atoms with Gasteiger partial charge in [0, 0.05) is 12.1 Å². The Labute approximate surface area is 130 Å². The fourth-order valence-electron chi connectivity index (χ4n) is 2.00. The number of carboxylic acids is 1. The number of hydrogen-bond donors (Lipinski definition) is 2. The van der Waals surface area contributed by atoms with Gasteiger partial charge in [-0.05, 0) is 18.2 Å². The number of ether oxygens (including phenoxy) is 1. The van der Waals surface area contributed by atoms with Crippen molar-refractivity contribution in [3.63, 3.8) is 0 Å². The Balaban J connectivity index is 2.13. The third kappa shape index (κ3) is 4.26. The van der Waals surface area contributed by atoms with Crippen LogP contribution in [0.15, 0.2) is 48.5 Å². The summed E-state index contributed by atoms with van der Waals surface area (Å²) in [6.45, 7) is -3.05. The molecule has 0 saturated heterocycles. The van der Waals surface area contributed by atoms with Crippen molar-refractivity contribution in [3.05, 3.63) is 65.2 Å². The number of carbonyl (C=O) groups excluding carboxylic acids is 1. The summed E-state index contributed by atoms with van der Waals surface area (Å²) in [7, 11) is 0. The molecule has 2 N–H and O–H groups in total. The van der Waals surface area contributed by atoms with Crippen LogP contribution >= 0.6 is 0 Å². The topological polar surface area (TPSA) is 75.6 Å². The molecule has 0 saturated carbocycles. The van der Waals surface area contributed by atoms with E-state index in [2.05, 4.69) is 10.1 Å². The molecule has 0 heterocycles. The minimum atomic E-state index is -2.97. The molecule has 2 aromatic rings. The number of nitrogens with one attached hydrogen (secondary N) is 1.